The summed E-state index contributed by atoms with van der Waals surface area (Å²) in [5, 5.41) is 12.3. The van der Waals surface area contributed by atoms with Gasteiger partial charge in [-0.15, -0.1) is 0 Å². The molecule has 4 rings (SSSR count). The Morgan fingerprint density at radius 1 is 1.36 bits per heavy atom. The highest BCUT2D eigenvalue weighted by molar-refractivity contribution is 6.09. The van der Waals surface area contributed by atoms with Gasteiger partial charge in [0.05, 0.1) is 23.6 Å². The number of rotatable bonds is 4. The summed E-state index contributed by atoms with van der Waals surface area (Å²) < 4.78 is 0. The molecule has 8 nitrogen and oxygen atoms in total. The number of imide groups is 1. The standard InChI is InChI=1S/C20H21N5O3/c1-12-6-8-20(9-7-12)18(27)25(19(28)24-20)11-16(26)13(10-21)17-22-14-4-2-3-5-15(14)23-17/h2-5,12-13H,6-9,11H2,1H3,(H,22,23)(H,24,28). The Labute approximate surface area is 161 Å². The van der Waals surface area contributed by atoms with E-state index in [1.54, 1.807) is 12.1 Å². The van der Waals surface area contributed by atoms with Crippen LogP contribution in [0.3, 0.4) is 0 Å². The van der Waals surface area contributed by atoms with E-state index < -0.39 is 29.8 Å². The largest absolute Gasteiger partial charge is 0.340 e. The van der Waals surface area contributed by atoms with Crippen molar-refractivity contribution >= 4 is 28.8 Å². The number of nitrogens with zero attached hydrogens (tertiary/aromatic N) is 3. The maximum atomic E-state index is 12.9. The van der Waals surface area contributed by atoms with Crippen molar-refractivity contribution in [2.24, 2.45) is 5.92 Å². The molecule has 2 aliphatic rings. The molecule has 1 saturated heterocycles. The lowest BCUT2D eigenvalue weighted by atomic mass is 9.77. The first kappa shape index (κ1) is 18.2. The molecule has 2 heterocycles. The summed E-state index contributed by atoms with van der Waals surface area (Å²) >= 11 is 0. The fraction of sp³-hybridized carbons (Fsp3) is 0.450. The summed E-state index contributed by atoms with van der Waals surface area (Å²) in [5.41, 5.74) is 0.470. The monoisotopic (exact) mass is 379 g/mol. The van der Waals surface area contributed by atoms with E-state index in [-0.39, 0.29) is 11.7 Å². The normalized spacial score (nSPS) is 25.7. The van der Waals surface area contributed by atoms with Crippen LogP contribution in [0.4, 0.5) is 4.79 Å². The molecule has 1 unspecified atom stereocenters. The van der Waals surface area contributed by atoms with Crippen LogP contribution in [0.2, 0.25) is 0 Å². The van der Waals surface area contributed by atoms with Gasteiger partial charge in [0.15, 0.2) is 11.7 Å². The van der Waals surface area contributed by atoms with Crippen molar-refractivity contribution in [3.63, 3.8) is 0 Å². The van der Waals surface area contributed by atoms with Gasteiger partial charge >= 0.3 is 6.03 Å². The van der Waals surface area contributed by atoms with Gasteiger partial charge in [-0.2, -0.15) is 5.26 Å². The summed E-state index contributed by atoms with van der Waals surface area (Å²) in [6.07, 6.45) is 2.87. The van der Waals surface area contributed by atoms with Crippen LogP contribution >= 0.6 is 0 Å². The molecule has 144 valence electrons. The SMILES string of the molecule is CC1CCC2(CC1)NC(=O)N(CC(=O)C(C#N)c1nc3ccccc3[nH]1)C2=O. The molecule has 1 aliphatic carbocycles. The molecular formula is C20H21N5O3. The summed E-state index contributed by atoms with van der Waals surface area (Å²) in [7, 11) is 0. The Morgan fingerprint density at radius 2 is 2.07 bits per heavy atom. The first-order chi connectivity index (χ1) is 13.4. The predicted octanol–water partition coefficient (Wildman–Crippen LogP) is 2.24. The van der Waals surface area contributed by atoms with Gasteiger partial charge in [-0.25, -0.2) is 9.78 Å². The molecule has 0 bridgehead atoms. The second-order valence-corrected chi connectivity index (χ2v) is 7.75. The molecule has 2 N–H and O–H groups in total. The maximum absolute atomic E-state index is 12.9. The van der Waals surface area contributed by atoms with Crippen molar-refractivity contribution in [1.29, 1.82) is 5.26 Å². The average Bonchev–Trinajstić information content (AvgIpc) is 3.20. The highest BCUT2D eigenvalue weighted by atomic mass is 16.2. The van der Waals surface area contributed by atoms with Crippen molar-refractivity contribution in [3.8, 4) is 6.07 Å². The number of hydrogen-bond donors (Lipinski definition) is 2. The first-order valence-corrected chi connectivity index (χ1v) is 9.44. The molecule has 1 aromatic carbocycles. The van der Waals surface area contributed by atoms with Crippen molar-refractivity contribution in [2.75, 3.05) is 6.54 Å². The number of carbonyl (C=O) groups excluding carboxylic acids is 3. The Kier molecular flexibility index (Phi) is 4.38. The Hall–Kier alpha value is -3.21. The second kappa shape index (κ2) is 6.75. The topological polar surface area (TPSA) is 119 Å². The molecule has 8 heteroatoms. The van der Waals surface area contributed by atoms with E-state index in [1.165, 1.54) is 0 Å². The van der Waals surface area contributed by atoms with E-state index in [0.717, 1.165) is 23.3 Å². The molecule has 0 radical (unpaired) electrons. The smallest absolute Gasteiger partial charge is 0.325 e. The molecule has 1 spiro atoms. The quantitative estimate of drug-likeness (QED) is 0.790. The minimum absolute atomic E-state index is 0.224. The number of fused-ring (bicyclic) bond motifs is 1. The third-order valence-corrected chi connectivity index (χ3v) is 5.82. The van der Waals surface area contributed by atoms with Crippen molar-refractivity contribution in [1.82, 2.24) is 20.2 Å². The Balaban J connectivity index is 1.53. The van der Waals surface area contributed by atoms with Crippen molar-refractivity contribution in [2.45, 2.75) is 44.1 Å². The molecule has 1 atom stereocenters. The van der Waals surface area contributed by atoms with Gasteiger partial charge in [0.2, 0.25) is 0 Å². The Morgan fingerprint density at radius 3 is 2.75 bits per heavy atom. The number of nitrogens with one attached hydrogen (secondary N) is 2. The van der Waals surface area contributed by atoms with Gasteiger partial charge in [-0.05, 0) is 43.7 Å². The Bertz CT molecular complexity index is 964. The molecule has 2 fully saturated rings. The number of benzene rings is 1. The number of ketones is 1. The lowest BCUT2D eigenvalue weighted by Crippen LogP contribution is -2.49. The first-order valence-electron chi connectivity index (χ1n) is 9.44. The fourth-order valence-corrected chi connectivity index (χ4v) is 4.06. The molecular weight excluding hydrogens is 358 g/mol. The van der Waals surface area contributed by atoms with Gasteiger partial charge in [-0.3, -0.25) is 14.5 Å². The zero-order chi connectivity index (χ0) is 19.9. The van der Waals surface area contributed by atoms with Gasteiger partial charge < -0.3 is 10.3 Å². The fourth-order valence-electron chi connectivity index (χ4n) is 4.06. The molecule has 28 heavy (non-hydrogen) atoms. The van der Waals surface area contributed by atoms with Gasteiger partial charge in [0, 0.05) is 0 Å². The number of imidazole rings is 1. The number of aromatic nitrogens is 2. The number of para-hydroxylation sites is 2. The second-order valence-electron chi connectivity index (χ2n) is 7.75. The van der Waals surface area contributed by atoms with Crippen LogP contribution in [0.25, 0.3) is 11.0 Å². The van der Waals surface area contributed by atoms with E-state index in [2.05, 4.69) is 22.2 Å². The van der Waals surface area contributed by atoms with E-state index in [4.69, 9.17) is 0 Å². The molecule has 3 amide bonds. The van der Waals surface area contributed by atoms with Gasteiger partial charge in [0.25, 0.3) is 5.91 Å². The third-order valence-electron chi connectivity index (χ3n) is 5.82. The lowest BCUT2D eigenvalue weighted by molar-refractivity contribution is -0.135. The lowest BCUT2D eigenvalue weighted by Gasteiger charge is -2.33. The summed E-state index contributed by atoms with van der Waals surface area (Å²) in [4.78, 5) is 46.3. The third kappa shape index (κ3) is 2.93. The van der Waals surface area contributed by atoms with Crippen LogP contribution in [-0.4, -0.2) is 44.7 Å². The van der Waals surface area contributed by atoms with Gasteiger partial charge in [-0.1, -0.05) is 19.1 Å². The summed E-state index contributed by atoms with van der Waals surface area (Å²) in [6, 6.07) is 8.60. The molecule has 1 aliphatic heterocycles. The van der Waals surface area contributed by atoms with Crippen LogP contribution in [0.15, 0.2) is 24.3 Å². The average molecular weight is 379 g/mol. The minimum Gasteiger partial charge on any atom is -0.340 e. The number of amides is 3. The molecule has 1 aromatic heterocycles. The van der Waals surface area contributed by atoms with Crippen LogP contribution in [0.5, 0.6) is 0 Å². The zero-order valence-electron chi connectivity index (χ0n) is 15.6. The molecule has 2 aromatic rings. The number of aromatic amines is 1. The maximum Gasteiger partial charge on any atom is 0.325 e. The number of nitriles is 1. The van der Waals surface area contributed by atoms with Crippen molar-refractivity contribution in [3.05, 3.63) is 30.1 Å². The minimum atomic E-state index is -1.17. The number of hydrogen-bond acceptors (Lipinski definition) is 5. The van der Waals surface area contributed by atoms with E-state index in [0.29, 0.717) is 24.3 Å². The van der Waals surface area contributed by atoms with Crippen LogP contribution in [0, 0.1) is 17.2 Å². The number of Topliss-reactive ketones (excluding diaryl/α,β-unsaturated/α-hetero) is 1. The number of carbonyl (C=O) groups is 3. The number of H-pyrrole nitrogens is 1. The van der Waals surface area contributed by atoms with E-state index >= 15 is 0 Å². The van der Waals surface area contributed by atoms with Crippen molar-refractivity contribution < 1.29 is 14.4 Å². The highest BCUT2D eigenvalue weighted by Gasteiger charge is 2.52. The zero-order valence-corrected chi connectivity index (χ0v) is 15.6. The molecule has 1 saturated carbocycles. The number of urea groups is 1. The van der Waals surface area contributed by atoms with Crippen LogP contribution in [0.1, 0.15) is 44.3 Å². The van der Waals surface area contributed by atoms with Crippen LogP contribution in [-0.2, 0) is 9.59 Å². The van der Waals surface area contributed by atoms with E-state index in [1.807, 2.05) is 18.2 Å². The highest BCUT2D eigenvalue weighted by Crippen LogP contribution is 2.36. The van der Waals surface area contributed by atoms with E-state index in [9.17, 15) is 19.6 Å². The van der Waals surface area contributed by atoms with Gasteiger partial charge in [0.1, 0.15) is 11.4 Å². The van der Waals surface area contributed by atoms with Crippen LogP contribution < -0.4 is 5.32 Å². The summed E-state index contributed by atoms with van der Waals surface area (Å²) in [6.45, 7) is 1.69. The predicted molar refractivity (Wildman–Crippen MR) is 100 cm³/mol. The summed E-state index contributed by atoms with van der Waals surface area (Å²) in [5.74, 6) is -1.33.